The van der Waals surface area contributed by atoms with E-state index >= 15 is 0 Å². The largest absolute Gasteiger partial charge is 0.448 e. The summed E-state index contributed by atoms with van der Waals surface area (Å²) >= 11 is 1.39. The van der Waals surface area contributed by atoms with Gasteiger partial charge in [-0.15, -0.1) is 10.2 Å². The van der Waals surface area contributed by atoms with Crippen LogP contribution in [0.5, 0.6) is 0 Å². The number of likely N-dealkylation sites (tertiary alicyclic amines) is 1. The van der Waals surface area contributed by atoms with Crippen molar-refractivity contribution in [3.8, 4) is 0 Å². The van der Waals surface area contributed by atoms with E-state index in [-0.39, 0.29) is 37.6 Å². The van der Waals surface area contributed by atoms with Crippen LogP contribution in [0.25, 0.3) is 0 Å². The van der Waals surface area contributed by atoms with Crippen LogP contribution in [0.1, 0.15) is 48.1 Å². The van der Waals surface area contributed by atoms with Crippen LogP contribution >= 0.6 is 11.8 Å². The first-order valence-electron chi connectivity index (χ1n) is 14.1. The highest BCUT2D eigenvalue weighted by atomic mass is 32.2. The smallest absolute Gasteiger partial charge is 0.409 e. The molecular formula is C30H39N7O5S. The Bertz CT molecular complexity index is 1360. The summed E-state index contributed by atoms with van der Waals surface area (Å²) in [6.07, 6.45) is 2.05. The van der Waals surface area contributed by atoms with E-state index < -0.39 is 17.7 Å². The minimum absolute atomic E-state index is 0.0584. The van der Waals surface area contributed by atoms with E-state index in [1.54, 1.807) is 30.9 Å². The summed E-state index contributed by atoms with van der Waals surface area (Å²) in [5.41, 5.74) is 6.50. The molecule has 1 fully saturated rings. The summed E-state index contributed by atoms with van der Waals surface area (Å²) in [6.45, 7) is 4.90. The number of ether oxygens (including phenoxy) is 2. The van der Waals surface area contributed by atoms with Gasteiger partial charge in [0, 0.05) is 24.7 Å². The molecular weight excluding hydrogens is 570 g/mol. The summed E-state index contributed by atoms with van der Waals surface area (Å²) in [4.78, 5) is 39.7. The van der Waals surface area contributed by atoms with E-state index in [0.29, 0.717) is 42.7 Å². The fourth-order valence-electron chi connectivity index (χ4n) is 4.53. The predicted octanol–water partition coefficient (Wildman–Crippen LogP) is 2.75. The maximum absolute atomic E-state index is 12.8. The van der Waals surface area contributed by atoms with Crippen LogP contribution in [-0.4, -0.2) is 81.7 Å². The van der Waals surface area contributed by atoms with Crippen molar-refractivity contribution in [1.29, 1.82) is 0 Å². The number of carbonyl (C=O) groups excluding carboxylic acids is 3. The lowest BCUT2D eigenvalue weighted by Gasteiger charge is -2.24. The van der Waals surface area contributed by atoms with Gasteiger partial charge in [0.25, 0.3) is 5.91 Å². The molecule has 43 heavy (non-hydrogen) atoms. The SMILES string of the molecule is CSc1nnc(C(COCc2ccccc2)NC(=O)C(C)(C)N)n1CCOC(=O)N1CCC(NC(=O)c2ccccc2)C1. The number of nitrogens with one attached hydrogen (secondary N) is 2. The van der Waals surface area contributed by atoms with Gasteiger partial charge in [0.1, 0.15) is 12.6 Å². The molecule has 1 saturated heterocycles. The molecule has 12 nitrogen and oxygen atoms in total. The normalized spacial score (nSPS) is 15.6. The third-order valence-corrected chi connectivity index (χ3v) is 7.55. The van der Waals surface area contributed by atoms with Crippen LogP contribution in [0, 0.1) is 0 Å². The van der Waals surface area contributed by atoms with Crippen molar-refractivity contribution < 1.29 is 23.9 Å². The predicted molar refractivity (Wildman–Crippen MR) is 162 cm³/mol. The minimum Gasteiger partial charge on any atom is -0.448 e. The summed E-state index contributed by atoms with van der Waals surface area (Å²) in [5.74, 6) is -0.0654. The maximum Gasteiger partial charge on any atom is 0.409 e. The Kier molecular flexibility index (Phi) is 11.1. The van der Waals surface area contributed by atoms with Crippen LogP contribution in [0.15, 0.2) is 65.8 Å². The average Bonchev–Trinajstić information content (AvgIpc) is 3.64. The van der Waals surface area contributed by atoms with Crippen molar-refractivity contribution in [2.75, 3.05) is 32.6 Å². The number of hydrogen-bond acceptors (Lipinski definition) is 9. The molecule has 0 radical (unpaired) electrons. The molecule has 2 atom stereocenters. The lowest BCUT2D eigenvalue weighted by Crippen LogP contribution is -2.51. The molecule has 0 aliphatic carbocycles. The standard InChI is InChI=1S/C30H39N7O5S/c1-30(2,31)27(39)33-24(20-41-19-21-10-6-4-7-11-21)25-34-35-28(43-3)37(25)16-17-42-29(40)36-15-14-23(18-36)32-26(38)22-12-8-5-9-13-22/h4-13,23-24H,14-20,31H2,1-3H3,(H,32,38)(H,33,39). The summed E-state index contributed by atoms with van der Waals surface area (Å²) < 4.78 is 13.4. The molecule has 3 aromatic rings. The third-order valence-electron chi connectivity index (χ3n) is 6.88. The molecule has 2 unspecified atom stereocenters. The Morgan fingerprint density at radius 1 is 1.09 bits per heavy atom. The second kappa shape index (κ2) is 15.0. The van der Waals surface area contributed by atoms with Gasteiger partial charge in [-0.05, 0) is 44.2 Å². The Morgan fingerprint density at radius 2 is 1.79 bits per heavy atom. The van der Waals surface area contributed by atoms with E-state index in [1.807, 2.05) is 59.4 Å². The highest BCUT2D eigenvalue weighted by molar-refractivity contribution is 7.98. The number of rotatable bonds is 13. The molecule has 13 heteroatoms. The van der Waals surface area contributed by atoms with Gasteiger partial charge < -0.3 is 35.3 Å². The molecule has 0 bridgehead atoms. The van der Waals surface area contributed by atoms with E-state index in [0.717, 1.165) is 5.56 Å². The lowest BCUT2D eigenvalue weighted by atomic mass is 10.1. The fraction of sp³-hybridized carbons (Fsp3) is 0.433. The average molecular weight is 610 g/mol. The van der Waals surface area contributed by atoms with Gasteiger partial charge in [-0.3, -0.25) is 9.59 Å². The first kappa shape index (κ1) is 32.0. The second-order valence-corrected chi connectivity index (χ2v) is 11.6. The van der Waals surface area contributed by atoms with Gasteiger partial charge in [0.2, 0.25) is 5.91 Å². The topological polar surface area (TPSA) is 154 Å². The number of nitrogens with two attached hydrogens (primary N) is 1. The van der Waals surface area contributed by atoms with E-state index in [2.05, 4.69) is 20.8 Å². The monoisotopic (exact) mass is 609 g/mol. The van der Waals surface area contributed by atoms with Crippen LogP contribution < -0.4 is 16.4 Å². The highest BCUT2D eigenvalue weighted by Crippen LogP contribution is 2.21. The van der Waals surface area contributed by atoms with Crippen molar-refractivity contribution in [1.82, 2.24) is 30.3 Å². The first-order chi connectivity index (χ1) is 20.7. The number of benzene rings is 2. The zero-order valence-electron chi connectivity index (χ0n) is 24.7. The molecule has 230 valence electrons. The zero-order chi connectivity index (χ0) is 30.8. The zero-order valence-corrected chi connectivity index (χ0v) is 25.5. The molecule has 0 spiro atoms. The molecule has 1 aliphatic heterocycles. The van der Waals surface area contributed by atoms with Gasteiger partial charge in [0.15, 0.2) is 11.0 Å². The van der Waals surface area contributed by atoms with Crippen molar-refractivity contribution in [2.45, 2.75) is 56.2 Å². The molecule has 2 aromatic carbocycles. The van der Waals surface area contributed by atoms with Crippen molar-refractivity contribution >= 4 is 29.7 Å². The van der Waals surface area contributed by atoms with Crippen LogP contribution in [0.4, 0.5) is 4.79 Å². The van der Waals surface area contributed by atoms with Gasteiger partial charge >= 0.3 is 6.09 Å². The minimum atomic E-state index is -1.12. The first-order valence-corrected chi connectivity index (χ1v) is 15.3. The number of hydrogen-bond donors (Lipinski definition) is 3. The summed E-state index contributed by atoms with van der Waals surface area (Å²) in [6, 6.07) is 17.9. The molecule has 1 aromatic heterocycles. The molecule has 4 rings (SSSR count). The van der Waals surface area contributed by atoms with E-state index in [1.165, 1.54) is 11.8 Å². The quantitative estimate of drug-likeness (QED) is 0.248. The van der Waals surface area contributed by atoms with Crippen LogP contribution in [-0.2, 0) is 27.4 Å². The Balaban J connectivity index is 1.35. The van der Waals surface area contributed by atoms with Crippen LogP contribution in [0.3, 0.4) is 0 Å². The van der Waals surface area contributed by atoms with Gasteiger partial charge in [-0.1, -0.05) is 60.3 Å². The number of nitrogens with zero attached hydrogens (tertiary/aromatic N) is 4. The van der Waals surface area contributed by atoms with Gasteiger partial charge in [-0.2, -0.15) is 0 Å². The lowest BCUT2D eigenvalue weighted by molar-refractivity contribution is -0.126. The second-order valence-electron chi connectivity index (χ2n) is 10.8. The highest BCUT2D eigenvalue weighted by Gasteiger charge is 2.30. The molecule has 2 heterocycles. The van der Waals surface area contributed by atoms with Crippen molar-refractivity contribution in [2.24, 2.45) is 5.73 Å². The number of amides is 3. The van der Waals surface area contributed by atoms with Crippen molar-refractivity contribution in [3.05, 3.63) is 77.6 Å². The third kappa shape index (κ3) is 9.02. The van der Waals surface area contributed by atoms with E-state index in [9.17, 15) is 14.4 Å². The summed E-state index contributed by atoms with van der Waals surface area (Å²) in [7, 11) is 0. The Hall–Kier alpha value is -3.94. The molecule has 0 saturated carbocycles. The van der Waals surface area contributed by atoms with E-state index in [4.69, 9.17) is 15.2 Å². The van der Waals surface area contributed by atoms with Crippen molar-refractivity contribution in [3.63, 3.8) is 0 Å². The fourth-order valence-corrected chi connectivity index (χ4v) is 5.06. The number of carbonyl (C=O) groups is 3. The Morgan fingerprint density at radius 3 is 2.47 bits per heavy atom. The number of thioether (sulfide) groups is 1. The van der Waals surface area contributed by atoms with Gasteiger partial charge in [-0.25, -0.2) is 4.79 Å². The maximum atomic E-state index is 12.8. The summed E-state index contributed by atoms with van der Waals surface area (Å²) in [5, 5.41) is 15.2. The Labute approximate surface area is 255 Å². The van der Waals surface area contributed by atoms with Gasteiger partial charge in [0.05, 0.1) is 25.3 Å². The molecule has 1 aliphatic rings. The number of aromatic nitrogens is 3. The van der Waals surface area contributed by atoms with Crippen LogP contribution in [0.2, 0.25) is 0 Å². The molecule has 3 amide bonds. The molecule has 4 N–H and O–H groups in total.